The van der Waals surface area contributed by atoms with E-state index in [9.17, 15) is 4.79 Å². The van der Waals surface area contributed by atoms with Crippen molar-refractivity contribution in [1.82, 2.24) is 15.1 Å². The molecule has 3 rings (SSSR count). The molecule has 0 spiro atoms. The van der Waals surface area contributed by atoms with Gasteiger partial charge in [0.05, 0.1) is 0 Å². The number of carbonyl (C=O) groups excluding carboxylic acids is 1. The highest BCUT2D eigenvalue weighted by atomic mass is 35.5. The smallest absolute Gasteiger partial charge is 0.260 e. The second-order valence-corrected chi connectivity index (χ2v) is 7.21. The maximum absolute atomic E-state index is 12.9. The molecule has 2 aromatic rings. The fourth-order valence-electron chi connectivity index (χ4n) is 3.26. The van der Waals surface area contributed by atoms with Gasteiger partial charge in [-0.15, -0.1) is 24.8 Å². The van der Waals surface area contributed by atoms with Gasteiger partial charge in [0.15, 0.2) is 6.61 Å². The van der Waals surface area contributed by atoms with Crippen molar-refractivity contribution in [2.75, 3.05) is 40.3 Å². The van der Waals surface area contributed by atoms with Crippen molar-refractivity contribution in [2.24, 2.45) is 0 Å². The first-order valence-electron chi connectivity index (χ1n) is 9.54. The first-order valence-corrected chi connectivity index (χ1v) is 9.54. The van der Waals surface area contributed by atoms with Gasteiger partial charge in [-0.2, -0.15) is 0 Å². The molecule has 29 heavy (non-hydrogen) atoms. The molecule has 0 unspecified atom stereocenters. The maximum Gasteiger partial charge on any atom is 0.260 e. The Hall–Kier alpha value is -1.79. The molecule has 7 heteroatoms. The molecule has 0 saturated carbocycles. The molecule has 0 bridgehead atoms. The monoisotopic (exact) mass is 439 g/mol. The summed E-state index contributed by atoms with van der Waals surface area (Å²) in [5.41, 5.74) is 3.62. The summed E-state index contributed by atoms with van der Waals surface area (Å²) in [4.78, 5) is 16.8. The first-order chi connectivity index (χ1) is 13.1. The normalized spacial score (nSPS) is 12.4. The largest absolute Gasteiger partial charge is 0.483 e. The standard InChI is InChI=1S/C22H29N3O2.2ClH/c1-24(2)13-14-25(16-18-7-4-3-5-8-18)22(26)17-27-21-10-6-9-19-11-12-23-15-20(19)21;;/h3-10,23H,11-17H2,1-2H3;2*1H. The summed E-state index contributed by atoms with van der Waals surface area (Å²) in [6.45, 7) is 3.96. The van der Waals surface area contributed by atoms with Crippen LogP contribution in [0.2, 0.25) is 0 Å². The number of nitrogens with one attached hydrogen (secondary N) is 1. The van der Waals surface area contributed by atoms with Gasteiger partial charge >= 0.3 is 0 Å². The summed E-state index contributed by atoms with van der Waals surface area (Å²) in [6.07, 6.45) is 1.00. The third-order valence-electron chi connectivity index (χ3n) is 4.84. The van der Waals surface area contributed by atoms with Crippen molar-refractivity contribution in [3.05, 3.63) is 65.2 Å². The average molecular weight is 440 g/mol. The Labute approximate surface area is 186 Å². The number of amides is 1. The number of ether oxygens (including phenoxy) is 1. The van der Waals surface area contributed by atoms with E-state index in [0.29, 0.717) is 13.1 Å². The van der Waals surface area contributed by atoms with E-state index in [4.69, 9.17) is 4.74 Å². The topological polar surface area (TPSA) is 44.8 Å². The maximum atomic E-state index is 12.9. The molecule has 1 amide bonds. The van der Waals surface area contributed by atoms with Gasteiger partial charge in [-0.05, 0) is 44.3 Å². The zero-order chi connectivity index (χ0) is 19.1. The van der Waals surface area contributed by atoms with Gasteiger partial charge < -0.3 is 19.9 Å². The Morgan fingerprint density at radius 3 is 2.52 bits per heavy atom. The van der Waals surface area contributed by atoms with Crippen LogP contribution in [-0.4, -0.2) is 56.0 Å². The Bertz CT molecular complexity index is 757. The lowest BCUT2D eigenvalue weighted by atomic mass is 10.0. The summed E-state index contributed by atoms with van der Waals surface area (Å²) in [5.74, 6) is 0.836. The number of fused-ring (bicyclic) bond motifs is 1. The predicted molar refractivity (Wildman–Crippen MR) is 122 cm³/mol. The zero-order valence-electron chi connectivity index (χ0n) is 17.1. The van der Waals surface area contributed by atoms with Crippen molar-refractivity contribution in [1.29, 1.82) is 0 Å². The number of halogens is 2. The van der Waals surface area contributed by atoms with Gasteiger partial charge in [0.25, 0.3) is 5.91 Å². The summed E-state index contributed by atoms with van der Waals surface area (Å²) < 4.78 is 5.95. The summed E-state index contributed by atoms with van der Waals surface area (Å²) >= 11 is 0. The van der Waals surface area contributed by atoms with Crippen molar-refractivity contribution in [2.45, 2.75) is 19.5 Å². The quantitative estimate of drug-likeness (QED) is 0.685. The van der Waals surface area contributed by atoms with Crippen LogP contribution in [0.4, 0.5) is 0 Å². The van der Waals surface area contributed by atoms with Gasteiger partial charge in [-0.25, -0.2) is 0 Å². The minimum absolute atomic E-state index is 0. The summed E-state index contributed by atoms with van der Waals surface area (Å²) in [6, 6.07) is 16.2. The molecule has 160 valence electrons. The molecule has 1 aliphatic heterocycles. The molecule has 1 heterocycles. The van der Waals surface area contributed by atoms with Crippen LogP contribution in [0.25, 0.3) is 0 Å². The predicted octanol–water partition coefficient (Wildman–Crippen LogP) is 3.15. The highest BCUT2D eigenvalue weighted by molar-refractivity contribution is 5.85. The number of likely N-dealkylation sites (N-methyl/N-ethyl adjacent to an activating group) is 1. The Morgan fingerprint density at radius 2 is 1.79 bits per heavy atom. The summed E-state index contributed by atoms with van der Waals surface area (Å²) in [5, 5.41) is 3.38. The SMILES string of the molecule is CN(C)CCN(Cc1ccccc1)C(=O)COc1cccc2c1CNCC2.Cl.Cl. The van der Waals surface area contributed by atoms with Crippen molar-refractivity contribution < 1.29 is 9.53 Å². The van der Waals surface area contributed by atoms with Crippen LogP contribution < -0.4 is 10.1 Å². The zero-order valence-corrected chi connectivity index (χ0v) is 18.7. The molecule has 0 radical (unpaired) electrons. The third-order valence-corrected chi connectivity index (χ3v) is 4.84. The van der Waals surface area contributed by atoms with Crippen LogP contribution in [-0.2, 0) is 24.3 Å². The van der Waals surface area contributed by atoms with Crippen LogP contribution in [0.1, 0.15) is 16.7 Å². The molecule has 0 aliphatic carbocycles. The molecule has 0 saturated heterocycles. The molecule has 0 aromatic heterocycles. The van der Waals surface area contributed by atoms with Crippen molar-refractivity contribution >= 4 is 30.7 Å². The van der Waals surface area contributed by atoms with Gasteiger partial charge in [0, 0.05) is 31.7 Å². The lowest BCUT2D eigenvalue weighted by Crippen LogP contribution is -2.39. The molecule has 1 aliphatic rings. The minimum atomic E-state index is 0. The second kappa shape index (κ2) is 12.7. The van der Waals surface area contributed by atoms with E-state index in [-0.39, 0.29) is 37.3 Å². The minimum Gasteiger partial charge on any atom is -0.483 e. The van der Waals surface area contributed by atoms with Gasteiger partial charge in [-0.1, -0.05) is 42.5 Å². The molecular formula is C22H31Cl2N3O2. The Balaban J connectivity index is 0.00000210. The van der Waals surface area contributed by atoms with Gasteiger partial charge in [0.2, 0.25) is 0 Å². The summed E-state index contributed by atoms with van der Waals surface area (Å²) in [7, 11) is 4.04. The van der Waals surface area contributed by atoms with E-state index < -0.39 is 0 Å². The fourth-order valence-corrected chi connectivity index (χ4v) is 3.26. The van der Waals surface area contributed by atoms with E-state index in [1.807, 2.05) is 49.3 Å². The highest BCUT2D eigenvalue weighted by Gasteiger charge is 2.18. The molecule has 0 fully saturated rings. The average Bonchev–Trinajstić information content (AvgIpc) is 2.70. The lowest BCUT2D eigenvalue weighted by molar-refractivity contribution is -0.134. The molecule has 0 atom stereocenters. The molecule has 1 N–H and O–H groups in total. The molecule has 5 nitrogen and oxygen atoms in total. The lowest BCUT2D eigenvalue weighted by Gasteiger charge is -2.25. The van der Waals surface area contributed by atoms with Crippen LogP contribution in [0.3, 0.4) is 0 Å². The highest BCUT2D eigenvalue weighted by Crippen LogP contribution is 2.25. The van der Waals surface area contributed by atoms with Crippen molar-refractivity contribution in [3.63, 3.8) is 0 Å². The number of carbonyl (C=O) groups is 1. The number of nitrogens with zero attached hydrogens (tertiary/aromatic N) is 2. The number of hydrogen-bond acceptors (Lipinski definition) is 4. The Kier molecular flexibility index (Phi) is 11.1. The molecule has 2 aromatic carbocycles. The Morgan fingerprint density at radius 1 is 1.03 bits per heavy atom. The fraction of sp³-hybridized carbons (Fsp3) is 0.409. The van der Waals surface area contributed by atoms with Gasteiger partial charge in [-0.3, -0.25) is 4.79 Å². The van der Waals surface area contributed by atoms with E-state index in [0.717, 1.165) is 37.4 Å². The first kappa shape index (κ1) is 25.2. The van der Waals surface area contributed by atoms with E-state index >= 15 is 0 Å². The molecular weight excluding hydrogens is 409 g/mol. The number of rotatable bonds is 8. The van der Waals surface area contributed by atoms with Crippen LogP contribution in [0.15, 0.2) is 48.5 Å². The van der Waals surface area contributed by atoms with Crippen LogP contribution >= 0.6 is 24.8 Å². The number of benzene rings is 2. The van der Waals surface area contributed by atoms with E-state index in [1.165, 1.54) is 11.1 Å². The van der Waals surface area contributed by atoms with Crippen LogP contribution in [0.5, 0.6) is 5.75 Å². The second-order valence-electron chi connectivity index (χ2n) is 7.21. The van der Waals surface area contributed by atoms with E-state index in [1.54, 1.807) is 0 Å². The third kappa shape index (κ3) is 7.52. The van der Waals surface area contributed by atoms with Crippen LogP contribution in [0, 0.1) is 0 Å². The van der Waals surface area contributed by atoms with Gasteiger partial charge in [0.1, 0.15) is 5.75 Å². The van der Waals surface area contributed by atoms with E-state index in [2.05, 4.69) is 28.4 Å². The number of hydrogen-bond donors (Lipinski definition) is 1. The van der Waals surface area contributed by atoms with Crippen molar-refractivity contribution in [3.8, 4) is 5.75 Å².